The molecule has 4 aromatic carbocycles. The zero-order valence-electron chi connectivity index (χ0n) is 43.7. The number of hydrogen-bond acceptors (Lipinski definition) is 18. The van der Waals surface area contributed by atoms with Gasteiger partial charge in [0.1, 0.15) is 23.0 Å². The van der Waals surface area contributed by atoms with Gasteiger partial charge in [0, 0.05) is 94.7 Å². The summed E-state index contributed by atoms with van der Waals surface area (Å²) in [4.78, 5) is 27.0. The fourth-order valence-corrected chi connectivity index (χ4v) is 8.79. The minimum absolute atomic E-state index is 0.0686. The lowest BCUT2D eigenvalue weighted by molar-refractivity contribution is 0.304. The lowest BCUT2D eigenvalue weighted by atomic mass is 9.89. The second-order valence-corrected chi connectivity index (χ2v) is 18.3. The number of nitrogen functional groups attached to an aromatic ring is 2. The summed E-state index contributed by atoms with van der Waals surface area (Å²) in [6, 6.07) is 20.6. The number of benzene rings is 4. The van der Waals surface area contributed by atoms with Crippen LogP contribution in [0.2, 0.25) is 0 Å². The summed E-state index contributed by atoms with van der Waals surface area (Å²) in [5.74, 6) is 4.08. The smallest absolute Gasteiger partial charge is 0.233 e. The summed E-state index contributed by atoms with van der Waals surface area (Å²) in [6.45, 7) is 15.6. The van der Waals surface area contributed by atoms with E-state index in [4.69, 9.17) is 30.4 Å². The molecule has 1 aliphatic carbocycles. The second-order valence-electron chi connectivity index (χ2n) is 18.3. The van der Waals surface area contributed by atoms with E-state index in [1.807, 2.05) is 48.5 Å². The van der Waals surface area contributed by atoms with Crippen LogP contribution in [0, 0.1) is 22.7 Å². The van der Waals surface area contributed by atoms with Gasteiger partial charge in [0.05, 0.1) is 49.7 Å². The first-order valence-corrected chi connectivity index (χ1v) is 26.1. The maximum atomic E-state index is 10.7. The lowest BCUT2D eigenvalue weighted by Gasteiger charge is -2.24. The van der Waals surface area contributed by atoms with Crippen LogP contribution >= 0.6 is 0 Å². The number of fused-ring (bicyclic) bond motifs is 8. The number of nitrogens with two attached hydrogens (primary N) is 2. The molecule has 1 aliphatic rings. The highest BCUT2D eigenvalue weighted by atomic mass is 16.5. The number of nitriles is 2. The van der Waals surface area contributed by atoms with E-state index in [1.165, 1.54) is 0 Å². The van der Waals surface area contributed by atoms with Crippen molar-refractivity contribution < 1.29 is 18.9 Å². The Bertz CT molecular complexity index is 2670. The van der Waals surface area contributed by atoms with E-state index in [9.17, 15) is 10.5 Å². The summed E-state index contributed by atoms with van der Waals surface area (Å²) in [6.07, 6.45) is 8.15. The SMILES string of the molecule is CCCCNc1nc(N)nc(Nc2cc3c(OCCC)c(c2)Cc2cc(C#N)cc(c2OCCC)Cc2cc(Nc4nc(N)nc(NCCCC)n4)cc(c2OCCC)Cc2cc(C#N)cc(c2OCCC)C3)n1. The zero-order chi connectivity index (χ0) is 52.4. The Kier molecular flexibility index (Phi) is 19.2. The summed E-state index contributed by atoms with van der Waals surface area (Å²) in [5, 5.41) is 34.8. The highest BCUT2D eigenvalue weighted by Crippen LogP contribution is 2.42. The molecule has 0 spiro atoms. The first-order valence-electron chi connectivity index (χ1n) is 26.1. The fourth-order valence-electron chi connectivity index (χ4n) is 8.79. The monoisotopic (exact) mass is 1000 g/mol. The van der Waals surface area contributed by atoms with Gasteiger partial charge in [-0.05, 0) is 87.1 Å². The third-order valence-electron chi connectivity index (χ3n) is 12.0. The summed E-state index contributed by atoms with van der Waals surface area (Å²) in [5.41, 5.74) is 21.3. The van der Waals surface area contributed by atoms with Gasteiger partial charge < -0.3 is 51.7 Å². The van der Waals surface area contributed by atoms with Crippen LogP contribution in [0.25, 0.3) is 0 Å². The number of nitrogens with zero attached hydrogens (tertiary/aromatic N) is 8. The molecule has 0 aliphatic heterocycles. The minimum atomic E-state index is 0.0686. The molecule has 0 amide bonds. The number of anilines is 8. The fraction of sp³-hybridized carbons (Fsp3) is 0.429. The van der Waals surface area contributed by atoms with Gasteiger partial charge in [-0.2, -0.15) is 40.4 Å². The van der Waals surface area contributed by atoms with Crippen molar-refractivity contribution in [1.82, 2.24) is 29.9 Å². The molecule has 6 aromatic rings. The Morgan fingerprint density at radius 2 is 0.703 bits per heavy atom. The van der Waals surface area contributed by atoms with Gasteiger partial charge in [0.15, 0.2) is 0 Å². The number of unbranched alkanes of at least 4 members (excludes halogenated alkanes) is 2. The molecule has 8 bridgehead atoms. The van der Waals surface area contributed by atoms with Crippen LogP contribution in [0.1, 0.15) is 149 Å². The van der Waals surface area contributed by atoms with E-state index >= 15 is 0 Å². The minimum Gasteiger partial charge on any atom is -0.493 e. The third-order valence-corrected chi connectivity index (χ3v) is 12.0. The van der Waals surface area contributed by atoms with E-state index < -0.39 is 0 Å². The Balaban J connectivity index is 1.51. The molecule has 18 heteroatoms. The molecule has 8 N–H and O–H groups in total. The second kappa shape index (κ2) is 26.5. The molecular weight excluding hydrogens is 933 g/mol. The lowest BCUT2D eigenvalue weighted by Crippen LogP contribution is -2.12. The molecule has 0 saturated heterocycles. The topological polar surface area (TPSA) is 262 Å². The van der Waals surface area contributed by atoms with E-state index in [0.717, 1.165) is 95.9 Å². The first-order chi connectivity index (χ1) is 36.1. The maximum Gasteiger partial charge on any atom is 0.233 e. The Labute approximate surface area is 435 Å². The third kappa shape index (κ3) is 14.1. The van der Waals surface area contributed by atoms with Crippen molar-refractivity contribution in [3.8, 4) is 35.1 Å². The molecular formula is C56H70N14O4. The number of nitrogens with one attached hydrogen (secondary N) is 4. The zero-order valence-corrected chi connectivity index (χ0v) is 43.7. The number of rotatable bonds is 24. The van der Waals surface area contributed by atoms with E-state index in [0.29, 0.717) is 123 Å². The standard InChI is InChI=1S/C56H70N14O4/c1-7-13-15-61-53-65-51(59)67-55(69-53)63-45-29-41-25-37-21-35(33-57)23-39(47(37)71-17-9-3)27-43-31-46(64-56-68-52(60)66-54(70-56)62-16-14-8-2)32-44(50(43)74-20-12-6)28-40-24-36(34-58)22-38(48(40)72-18-10-4)26-42(30-45)49(41)73-19-11-5/h21-24,29-32H,7-20,25-28H2,1-6H3,(H4,59,61,63,65,67,69)(H4,60,62,64,66,68,70). The summed E-state index contributed by atoms with van der Waals surface area (Å²) < 4.78 is 27.1. The van der Waals surface area contributed by atoms with Crippen molar-refractivity contribution in [2.45, 2.75) is 119 Å². The van der Waals surface area contributed by atoms with Crippen molar-refractivity contribution in [2.75, 3.05) is 72.3 Å². The highest BCUT2D eigenvalue weighted by molar-refractivity contribution is 5.67. The normalized spacial score (nSPS) is 11.7. The van der Waals surface area contributed by atoms with Gasteiger partial charge in [-0.25, -0.2) is 0 Å². The number of hydrogen-bond donors (Lipinski definition) is 6. The Hall–Kier alpha value is -8.12. The van der Waals surface area contributed by atoms with Crippen LogP contribution in [-0.2, 0) is 25.7 Å². The van der Waals surface area contributed by atoms with Gasteiger partial charge in [0.2, 0.25) is 35.7 Å². The van der Waals surface area contributed by atoms with Gasteiger partial charge in [-0.1, -0.05) is 54.4 Å². The summed E-state index contributed by atoms with van der Waals surface area (Å²) in [7, 11) is 0. The van der Waals surface area contributed by atoms with Crippen molar-refractivity contribution in [3.63, 3.8) is 0 Å². The van der Waals surface area contributed by atoms with Gasteiger partial charge in [0.25, 0.3) is 0 Å². The molecule has 0 saturated carbocycles. The van der Waals surface area contributed by atoms with Gasteiger partial charge >= 0.3 is 0 Å². The Morgan fingerprint density at radius 3 is 0.973 bits per heavy atom. The average molecular weight is 1000 g/mol. The number of aromatic nitrogens is 6. The first kappa shape index (κ1) is 53.7. The molecule has 2 aromatic heterocycles. The molecule has 0 unspecified atom stereocenters. The predicted molar refractivity (Wildman–Crippen MR) is 291 cm³/mol. The van der Waals surface area contributed by atoms with Crippen molar-refractivity contribution >= 4 is 47.1 Å². The largest absolute Gasteiger partial charge is 0.493 e. The van der Waals surface area contributed by atoms with E-state index in [2.05, 4.69) is 105 Å². The average Bonchev–Trinajstić information content (AvgIpc) is 3.37. The molecule has 0 radical (unpaired) electrons. The van der Waals surface area contributed by atoms with Crippen molar-refractivity contribution in [2.24, 2.45) is 0 Å². The molecule has 388 valence electrons. The number of ether oxygens (including phenoxy) is 4. The van der Waals surface area contributed by atoms with E-state index in [-0.39, 0.29) is 23.8 Å². The molecule has 7 rings (SSSR count). The van der Waals surface area contributed by atoms with Crippen LogP contribution in [0.15, 0.2) is 48.5 Å². The molecule has 2 heterocycles. The highest BCUT2D eigenvalue weighted by Gasteiger charge is 2.25. The van der Waals surface area contributed by atoms with Gasteiger partial charge in [-0.3, -0.25) is 0 Å². The van der Waals surface area contributed by atoms with Crippen molar-refractivity contribution in [1.29, 1.82) is 10.5 Å². The maximum absolute atomic E-state index is 10.7. The quantitative estimate of drug-likeness (QED) is 0.0307. The van der Waals surface area contributed by atoms with Crippen molar-refractivity contribution in [3.05, 3.63) is 104 Å². The van der Waals surface area contributed by atoms with Gasteiger partial charge in [-0.15, -0.1) is 0 Å². The summed E-state index contributed by atoms with van der Waals surface area (Å²) >= 11 is 0. The van der Waals surface area contributed by atoms with Crippen LogP contribution < -0.4 is 51.7 Å². The predicted octanol–water partition coefficient (Wildman–Crippen LogP) is 10.7. The molecule has 0 atom stereocenters. The van der Waals surface area contributed by atoms with E-state index in [1.54, 1.807) is 0 Å². The van der Waals surface area contributed by atoms with Crippen LogP contribution in [0.5, 0.6) is 23.0 Å². The molecule has 74 heavy (non-hydrogen) atoms. The Morgan fingerprint density at radius 1 is 0.419 bits per heavy atom. The van der Waals surface area contributed by atoms with Crippen LogP contribution in [-0.4, -0.2) is 69.4 Å². The van der Waals surface area contributed by atoms with Crippen LogP contribution in [0.4, 0.5) is 47.1 Å². The molecule has 0 fully saturated rings. The van der Waals surface area contributed by atoms with Crippen LogP contribution in [0.3, 0.4) is 0 Å². The molecule has 18 nitrogen and oxygen atoms in total.